The van der Waals surface area contributed by atoms with Gasteiger partial charge < -0.3 is 15.5 Å². The molecule has 0 aromatic carbocycles. The molecule has 0 aliphatic carbocycles. The van der Waals surface area contributed by atoms with Gasteiger partial charge in [-0.15, -0.1) is 0 Å². The summed E-state index contributed by atoms with van der Waals surface area (Å²) < 4.78 is 0. The summed E-state index contributed by atoms with van der Waals surface area (Å²) in [6.45, 7) is 1.45. The van der Waals surface area contributed by atoms with Crippen LogP contribution in [0.1, 0.15) is 23.3 Å². The maximum atomic E-state index is 12.3. The van der Waals surface area contributed by atoms with Gasteiger partial charge in [0.25, 0.3) is 5.91 Å². The van der Waals surface area contributed by atoms with Crippen LogP contribution >= 0.6 is 0 Å². The highest BCUT2D eigenvalue weighted by atomic mass is 16.2. The molecule has 110 valence electrons. The van der Waals surface area contributed by atoms with Gasteiger partial charge in [-0.25, -0.2) is 4.98 Å². The summed E-state index contributed by atoms with van der Waals surface area (Å²) >= 11 is 0. The van der Waals surface area contributed by atoms with Gasteiger partial charge in [-0.05, 0) is 25.0 Å². The third-order valence-corrected chi connectivity index (χ3v) is 3.98. The van der Waals surface area contributed by atoms with Crippen LogP contribution in [0.5, 0.6) is 0 Å². The molecule has 1 atom stereocenters. The SMILES string of the molecule is NC1C=CC=CN1C1CCN(C(=O)c2cnccn2)CC1. The van der Waals surface area contributed by atoms with Crippen molar-refractivity contribution in [2.24, 2.45) is 5.73 Å². The van der Waals surface area contributed by atoms with Crippen molar-refractivity contribution in [2.75, 3.05) is 13.1 Å². The Kier molecular flexibility index (Phi) is 3.96. The minimum Gasteiger partial charge on any atom is -0.356 e. The second kappa shape index (κ2) is 6.05. The Labute approximate surface area is 124 Å². The molecule has 1 aromatic rings. The number of amides is 1. The van der Waals surface area contributed by atoms with Crippen molar-refractivity contribution in [3.05, 3.63) is 48.7 Å². The fourth-order valence-corrected chi connectivity index (χ4v) is 2.83. The van der Waals surface area contributed by atoms with E-state index >= 15 is 0 Å². The van der Waals surface area contributed by atoms with Gasteiger partial charge >= 0.3 is 0 Å². The topological polar surface area (TPSA) is 75.3 Å². The number of rotatable bonds is 2. The van der Waals surface area contributed by atoms with Crippen LogP contribution < -0.4 is 5.73 Å². The average Bonchev–Trinajstić information content (AvgIpc) is 2.56. The summed E-state index contributed by atoms with van der Waals surface area (Å²) in [5.74, 6) is -0.0417. The third kappa shape index (κ3) is 2.95. The molecular formula is C15H19N5O. The van der Waals surface area contributed by atoms with Gasteiger partial charge in [-0.3, -0.25) is 9.78 Å². The van der Waals surface area contributed by atoms with Crippen molar-refractivity contribution in [3.63, 3.8) is 0 Å². The lowest BCUT2D eigenvalue weighted by atomic mass is 10.0. The zero-order valence-corrected chi connectivity index (χ0v) is 11.8. The molecule has 0 spiro atoms. The van der Waals surface area contributed by atoms with E-state index in [-0.39, 0.29) is 12.1 Å². The molecule has 1 saturated heterocycles. The Morgan fingerprint density at radius 1 is 1.24 bits per heavy atom. The molecular weight excluding hydrogens is 266 g/mol. The van der Waals surface area contributed by atoms with Crippen molar-refractivity contribution in [3.8, 4) is 0 Å². The highest BCUT2D eigenvalue weighted by Gasteiger charge is 2.28. The number of allylic oxidation sites excluding steroid dienone is 2. The second-order valence-electron chi connectivity index (χ2n) is 5.28. The number of nitrogens with two attached hydrogens (primary N) is 1. The first kappa shape index (κ1) is 13.8. The zero-order chi connectivity index (χ0) is 14.7. The van der Waals surface area contributed by atoms with Crippen LogP contribution in [0, 0.1) is 0 Å². The number of carbonyl (C=O) groups is 1. The van der Waals surface area contributed by atoms with Gasteiger partial charge in [0.05, 0.1) is 12.4 Å². The fourth-order valence-electron chi connectivity index (χ4n) is 2.83. The lowest BCUT2D eigenvalue weighted by Crippen LogP contribution is -2.50. The molecule has 0 radical (unpaired) electrons. The fraction of sp³-hybridized carbons (Fsp3) is 0.400. The average molecular weight is 285 g/mol. The van der Waals surface area contributed by atoms with Crippen molar-refractivity contribution < 1.29 is 4.79 Å². The molecule has 3 heterocycles. The van der Waals surface area contributed by atoms with Crippen LogP contribution in [0.3, 0.4) is 0 Å². The zero-order valence-electron chi connectivity index (χ0n) is 11.8. The summed E-state index contributed by atoms with van der Waals surface area (Å²) in [5, 5.41) is 0. The monoisotopic (exact) mass is 285 g/mol. The standard InChI is InChI=1S/C15H19N5O/c16-14-3-1-2-8-20(14)12-4-9-19(10-5-12)15(21)13-11-17-6-7-18-13/h1-3,6-8,11-12,14H,4-5,9-10,16H2. The van der Waals surface area contributed by atoms with Gasteiger partial charge in [0.15, 0.2) is 0 Å². The van der Waals surface area contributed by atoms with Crippen LogP contribution in [0.4, 0.5) is 0 Å². The van der Waals surface area contributed by atoms with Crippen molar-refractivity contribution in [2.45, 2.75) is 25.0 Å². The molecule has 1 aromatic heterocycles. The number of piperidine rings is 1. The van der Waals surface area contributed by atoms with Gasteiger partial charge in [0.2, 0.25) is 0 Å². The van der Waals surface area contributed by atoms with Crippen molar-refractivity contribution in [1.29, 1.82) is 0 Å². The molecule has 1 unspecified atom stereocenters. The van der Waals surface area contributed by atoms with E-state index in [1.54, 1.807) is 12.4 Å². The predicted molar refractivity (Wildman–Crippen MR) is 79.1 cm³/mol. The lowest BCUT2D eigenvalue weighted by Gasteiger charge is -2.40. The van der Waals surface area contributed by atoms with E-state index in [1.807, 2.05) is 29.3 Å². The minimum atomic E-state index is -0.0674. The van der Waals surface area contributed by atoms with E-state index in [9.17, 15) is 4.79 Å². The Morgan fingerprint density at radius 2 is 2.05 bits per heavy atom. The van der Waals surface area contributed by atoms with Gasteiger partial charge in [-0.1, -0.05) is 6.08 Å². The van der Waals surface area contributed by atoms with E-state index in [2.05, 4.69) is 14.9 Å². The quantitative estimate of drug-likeness (QED) is 0.868. The number of hydrogen-bond donors (Lipinski definition) is 1. The number of carbonyl (C=O) groups excluding carboxylic acids is 1. The van der Waals surface area contributed by atoms with Crippen LogP contribution in [-0.4, -0.2) is 51.0 Å². The molecule has 3 rings (SSSR count). The van der Waals surface area contributed by atoms with Crippen LogP contribution in [0.25, 0.3) is 0 Å². The van der Waals surface area contributed by atoms with E-state index in [0.717, 1.165) is 25.9 Å². The highest BCUT2D eigenvalue weighted by Crippen LogP contribution is 2.21. The smallest absolute Gasteiger partial charge is 0.274 e. The first-order valence-electron chi connectivity index (χ1n) is 7.19. The second-order valence-corrected chi connectivity index (χ2v) is 5.28. The van der Waals surface area contributed by atoms with E-state index in [4.69, 9.17) is 5.73 Å². The molecule has 6 heteroatoms. The van der Waals surface area contributed by atoms with Gasteiger partial charge in [-0.2, -0.15) is 0 Å². The summed E-state index contributed by atoms with van der Waals surface area (Å²) in [5.41, 5.74) is 6.49. The van der Waals surface area contributed by atoms with E-state index in [1.165, 1.54) is 6.20 Å². The van der Waals surface area contributed by atoms with Gasteiger partial charge in [0.1, 0.15) is 5.69 Å². The summed E-state index contributed by atoms with van der Waals surface area (Å²) in [7, 11) is 0. The van der Waals surface area contributed by atoms with Crippen molar-refractivity contribution in [1.82, 2.24) is 19.8 Å². The highest BCUT2D eigenvalue weighted by molar-refractivity contribution is 5.92. The first-order chi connectivity index (χ1) is 10.3. The van der Waals surface area contributed by atoms with Crippen LogP contribution in [-0.2, 0) is 0 Å². The van der Waals surface area contributed by atoms with E-state index in [0.29, 0.717) is 11.7 Å². The Hall–Kier alpha value is -2.21. The molecule has 1 amide bonds. The van der Waals surface area contributed by atoms with Crippen molar-refractivity contribution >= 4 is 5.91 Å². The molecule has 2 N–H and O–H groups in total. The number of likely N-dealkylation sites (tertiary alicyclic amines) is 1. The summed E-state index contributed by atoms with van der Waals surface area (Å²) in [4.78, 5) is 24.3. The number of aromatic nitrogens is 2. The minimum absolute atomic E-state index is 0.0417. The largest absolute Gasteiger partial charge is 0.356 e. The maximum Gasteiger partial charge on any atom is 0.274 e. The maximum absolute atomic E-state index is 12.3. The predicted octanol–water partition coefficient (Wildman–Crippen LogP) is 0.751. The van der Waals surface area contributed by atoms with Crippen LogP contribution in [0.2, 0.25) is 0 Å². The lowest BCUT2D eigenvalue weighted by molar-refractivity contribution is 0.0639. The summed E-state index contributed by atoms with van der Waals surface area (Å²) in [6, 6.07) is 0.382. The van der Waals surface area contributed by atoms with Gasteiger partial charge in [0, 0.05) is 37.7 Å². The molecule has 0 bridgehead atoms. The third-order valence-electron chi connectivity index (χ3n) is 3.98. The number of hydrogen-bond acceptors (Lipinski definition) is 5. The molecule has 21 heavy (non-hydrogen) atoms. The number of nitrogens with zero attached hydrogens (tertiary/aromatic N) is 4. The molecule has 2 aliphatic rings. The Bertz CT molecular complexity index is 548. The molecule has 6 nitrogen and oxygen atoms in total. The molecule has 1 fully saturated rings. The molecule has 0 saturated carbocycles. The molecule has 2 aliphatic heterocycles. The Morgan fingerprint density at radius 3 is 2.71 bits per heavy atom. The first-order valence-corrected chi connectivity index (χ1v) is 7.19. The summed E-state index contributed by atoms with van der Waals surface area (Å²) in [6.07, 6.45) is 14.4. The normalized spacial score (nSPS) is 22.6. The Balaban J connectivity index is 1.59. The van der Waals surface area contributed by atoms with E-state index < -0.39 is 0 Å². The van der Waals surface area contributed by atoms with Crippen LogP contribution in [0.15, 0.2) is 43.0 Å².